The number of para-hydroxylation sites is 1. The monoisotopic (exact) mass is 235 g/mol. The summed E-state index contributed by atoms with van der Waals surface area (Å²) in [5.74, 6) is 0.419. The normalized spacial score (nSPS) is 12.8. The van der Waals surface area contributed by atoms with E-state index in [1.54, 1.807) is 0 Å². The van der Waals surface area contributed by atoms with E-state index in [4.69, 9.17) is 0 Å². The Hall–Kier alpha value is -2.02. The molecule has 0 radical (unpaired) electrons. The molecule has 0 spiro atoms. The first-order chi connectivity index (χ1) is 8.77. The van der Waals surface area contributed by atoms with Crippen LogP contribution in [0.15, 0.2) is 54.6 Å². The van der Waals surface area contributed by atoms with Crippen LogP contribution >= 0.6 is 0 Å². The Balaban J connectivity index is 2.17. The zero-order chi connectivity index (χ0) is 12.5. The van der Waals surface area contributed by atoms with Gasteiger partial charge in [-0.25, -0.2) is 0 Å². The second kappa shape index (κ2) is 4.34. The van der Waals surface area contributed by atoms with Gasteiger partial charge in [0.05, 0.1) is 0 Å². The van der Waals surface area contributed by atoms with Crippen LogP contribution in [0.5, 0.6) is 0 Å². The lowest BCUT2D eigenvalue weighted by Gasteiger charge is -2.12. The molecule has 0 aliphatic heterocycles. The highest BCUT2D eigenvalue weighted by Crippen LogP contribution is 2.32. The van der Waals surface area contributed by atoms with E-state index in [1.807, 2.05) is 0 Å². The molecule has 0 aliphatic carbocycles. The number of hydrogen-bond donors (Lipinski definition) is 1. The molecule has 0 bridgehead atoms. The van der Waals surface area contributed by atoms with Crippen molar-refractivity contribution in [3.05, 3.63) is 71.4 Å². The van der Waals surface area contributed by atoms with E-state index in [9.17, 15) is 0 Å². The molecule has 0 fully saturated rings. The summed E-state index contributed by atoms with van der Waals surface area (Å²) in [5, 5.41) is 1.34. The quantitative estimate of drug-likeness (QED) is 0.666. The summed E-state index contributed by atoms with van der Waals surface area (Å²) in [6.07, 6.45) is 0. The molecule has 0 aliphatic rings. The first-order valence-electron chi connectivity index (χ1n) is 6.39. The maximum atomic E-state index is 3.48. The molecule has 1 heterocycles. The third kappa shape index (κ3) is 1.72. The summed E-state index contributed by atoms with van der Waals surface area (Å²) in [4.78, 5) is 3.48. The van der Waals surface area contributed by atoms with Crippen molar-refractivity contribution < 1.29 is 0 Å². The second-order valence-electron chi connectivity index (χ2n) is 4.84. The van der Waals surface area contributed by atoms with Crippen molar-refractivity contribution in [2.45, 2.75) is 19.8 Å². The van der Waals surface area contributed by atoms with Gasteiger partial charge in [-0.2, -0.15) is 0 Å². The maximum Gasteiger partial charge on any atom is 0.0459 e. The van der Waals surface area contributed by atoms with Crippen molar-refractivity contribution in [2.75, 3.05) is 0 Å². The number of nitrogens with one attached hydrogen (secondary N) is 1. The van der Waals surface area contributed by atoms with Gasteiger partial charge in [-0.05, 0) is 24.1 Å². The average molecular weight is 235 g/mol. The zero-order valence-corrected chi connectivity index (χ0v) is 10.8. The fourth-order valence-electron chi connectivity index (χ4n) is 2.76. The van der Waals surface area contributed by atoms with Gasteiger partial charge in [0.25, 0.3) is 0 Å². The fourth-order valence-corrected chi connectivity index (χ4v) is 2.76. The molecule has 1 atom stereocenters. The van der Waals surface area contributed by atoms with E-state index >= 15 is 0 Å². The van der Waals surface area contributed by atoms with Gasteiger partial charge < -0.3 is 4.98 Å². The van der Waals surface area contributed by atoms with Gasteiger partial charge >= 0.3 is 0 Å². The number of aromatic amines is 1. The van der Waals surface area contributed by atoms with E-state index in [0.29, 0.717) is 5.92 Å². The average Bonchev–Trinajstić information content (AvgIpc) is 2.75. The van der Waals surface area contributed by atoms with E-state index < -0.39 is 0 Å². The first-order valence-corrected chi connectivity index (χ1v) is 6.39. The van der Waals surface area contributed by atoms with Gasteiger partial charge in [-0.3, -0.25) is 0 Å². The number of rotatable bonds is 2. The third-order valence-electron chi connectivity index (χ3n) is 3.68. The summed E-state index contributed by atoms with van der Waals surface area (Å²) < 4.78 is 0. The second-order valence-corrected chi connectivity index (χ2v) is 4.84. The molecule has 18 heavy (non-hydrogen) atoms. The smallest absolute Gasteiger partial charge is 0.0459 e. The SMILES string of the molecule is Cc1[nH]c2ccccc2c1C(C)c1ccccc1. The number of fused-ring (bicyclic) bond motifs is 1. The fraction of sp³-hybridized carbons (Fsp3) is 0.176. The van der Waals surface area contributed by atoms with Crippen LogP contribution in [-0.4, -0.2) is 4.98 Å². The van der Waals surface area contributed by atoms with Gasteiger partial charge in [-0.15, -0.1) is 0 Å². The van der Waals surface area contributed by atoms with Crippen molar-refractivity contribution in [1.29, 1.82) is 0 Å². The molecule has 90 valence electrons. The Morgan fingerprint density at radius 3 is 2.33 bits per heavy atom. The lowest BCUT2D eigenvalue weighted by atomic mass is 9.91. The third-order valence-corrected chi connectivity index (χ3v) is 3.68. The van der Waals surface area contributed by atoms with E-state index in [2.05, 4.69) is 73.4 Å². The lowest BCUT2D eigenvalue weighted by molar-refractivity contribution is 0.917. The minimum atomic E-state index is 0.419. The molecule has 0 saturated carbocycles. The van der Waals surface area contributed by atoms with Gasteiger partial charge in [0.2, 0.25) is 0 Å². The molecule has 1 unspecified atom stereocenters. The van der Waals surface area contributed by atoms with Crippen LogP contribution in [-0.2, 0) is 0 Å². The van der Waals surface area contributed by atoms with Gasteiger partial charge in [0.15, 0.2) is 0 Å². The maximum absolute atomic E-state index is 3.48. The minimum Gasteiger partial charge on any atom is -0.358 e. The van der Waals surface area contributed by atoms with Crippen LogP contribution in [0.25, 0.3) is 10.9 Å². The summed E-state index contributed by atoms with van der Waals surface area (Å²) in [5.41, 5.74) is 5.28. The summed E-state index contributed by atoms with van der Waals surface area (Å²) in [6, 6.07) is 19.2. The van der Waals surface area contributed by atoms with Gasteiger partial charge in [0.1, 0.15) is 0 Å². The molecule has 3 aromatic rings. The van der Waals surface area contributed by atoms with Crippen molar-refractivity contribution in [3.63, 3.8) is 0 Å². The predicted molar refractivity (Wildman–Crippen MR) is 77.0 cm³/mol. The van der Waals surface area contributed by atoms with Crippen LogP contribution in [0.3, 0.4) is 0 Å². The van der Waals surface area contributed by atoms with Crippen LogP contribution in [0.4, 0.5) is 0 Å². The van der Waals surface area contributed by atoms with Crippen LogP contribution in [0.2, 0.25) is 0 Å². The number of aryl methyl sites for hydroxylation is 1. The molecule has 3 rings (SSSR count). The van der Waals surface area contributed by atoms with Crippen molar-refractivity contribution >= 4 is 10.9 Å². The van der Waals surface area contributed by atoms with Crippen molar-refractivity contribution in [3.8, 4) is 0 Å². The van der Waals surface area contributed by atoms with Gasteiger partial charge in [0, 0.05) is 22.5 Å². The number of hydrogen-bond acceptors (Lipinski definition) is 0. The van der Waals surface area contributed by atoms with Gasteiger partial charge in [-0.1, -0.05) is 55.5 Å². The number of aromatic nitrogens is 1. The number of H-pyrrole nitrogens is 1. The molecule has 1 N–H and O–H groups in total. The van der Waals surface area contributed by atoms with E-state index in [-0.39, 0.29) is 0 Å². The lowest BCUT2D eigenvalue weighted by Crippen LogP contribution is -1.96. The summed E-state index contributed by atoms with van der Waals surface area (Å²) in [6.45, 7) is 4.44. The first kappa shape index (κ1) is 11.1. The standard InChI is InChI=1S/C17H17N/c1-12(14-8-4-3-5-9-14)17-13(2)18-16-11-7-6-10-15(16)17/h3-12,18H,1-2H3. The molecule has 1 heteroatoms. The Labute approximate surface area is 107 Å². The highest BCUT2D eigenvalue weighted by atomic mass is 14.7. The van der Waals surface area contributed by atoms with E-state index in [1.165, 1.54) is 27.7 Å². The molecular formula is C17H17N. The van der Waals surface area contributed by atoms with Crippen molar-refractivity contribution in [2.24, 2.45) is 0 Å². The summed E-state index contributed by atoms with van der Waals surface area (Å²) in [7, 11) is 0. The molecular weight excluding hydrogens is 218 g/mol. The molecule has 1 aromatic heterocycles. The van der Waals surface area contributed by atoms with Crippen LogP contribution < -0.4 is 0 Å². The zero-order valence-electron chi connectivity index (χ0n) is 10.8. The highest BCUT2D eigenvalue weighted by molar-refractivity contribution is 5.85. The van der Waals surface area contributed by atoms with Crippen LogP contribution in [0, 0.1) is 6.92 Å². The van der Waals surface area contributed by atoms with Crippen LogP contribution in [0.1, 0.15) is 29.7 Å². The topological polar surface area (TPSA) is 15.8 Å². The van der Waals surface area contributed by atoms with E-state index in [0.717, 1.165) is 0 Å². The molecule has 0 saturated heterocycles. The molecule has 0 amide bonds. The molecule has 1 nitrogen and oxygen atoms in total. The Morgan fingerprint density at radius 1 is 0.889 bits per heavy atom. The Bertz CT molecular complexity index is 664. The highest BCUT2D eigenvalue weighted by Gasteiger charge is 2.15. The number of benzene rings is 2. The largest absolute Gasteiger partial charge is 0.358 e. The summed E-state index contributed by atoms with van der Waals surface area (Å²) >= 11 is 0. The molecule has 2 aromatic carbocycles. The minimum absolute atomic E-state index is 0.419. The Morgan fingerprint density at radius 2 is 1.56 bits per heavy atom. The predicted octanol–water partition coefficient (Wildman–Crippen LogP) is 4.63. The Kier molecular flexibility index (Phi) is 2.67. The van der Waals surface area contributed by atoms with Crippen molar-refractivity contribution in [1.82, 2.24) is 4.98 Å².